The van der Waals surface area contributed by atoms with Crippen LogP contribution in [0.5, 0.6) is 0 Å². The zero-order valence-electron chi connectivity index (χ0n) is 15.1. The zero-order chi connectivity index (χ0) is 19.5. The molecule has 4 aromatic rings. The molecule has 2 aromatic carbocycles. The molecule has 4 rings (SSSR count). The second kappa shape index (κ2) is 8.08. The number of thioether (sulfide) groups is 1. The molecule has 2 aromatic heterocycles. The predicted octanol–water partition coefficient (Wildman–Crippen LogP) is 4.30. The number of aromatic nitrogens is 4. The summed E-state index contributed by atoms with van der Waals surface area (Å²) < 4.78 is 1.95. The van der Waals surface area contributed by atoms with E-state index in [1.54, 1.807) is 0 Å². The lowest BCUT2D eigenvalue weighted by atomic mass is 10.1. The molecule has 2 heterocycles. The van der Waals surface area contributed by atoms with Crippen LogP contribution in [-0.2, 0) is 4.79 Å². The maximum atomic E-state index is 11.9. The van der Waals surface area contributed by atoms with Crippen LogP contribution >= 0.6 is 23.4 Å². The minimum absolute atomic E-state index is 0.0354. The zero-order valence-corrected chi connectivity index (χ0v) is 16.7. The van der Waals surface area contributed by atoms with E-state index in [2.05, 4.69) is 20.5 Å². The number of rotatable bonds is 6. The lowest BCUT2D eigenvalue weighted by Gasteiger charge is -2.10. The van der Waals surface area contributed by atoms with Gasteiger partial charge >= 0.3 is 0 Å². The van der Waals surface area contributed by atoms with E-state index >= 15 is 0 Å². The van der Waals surface area contributed by atoms with Crippen molar-refractivity contribution in [3.63, 3.8) is 0 Å². The first-order valence-corrected chi connectivity index (χ1v) is 10.2. The Labute approximate surface area is 171 Å². The average molecular weight is 412 g/mol. The van der Waals surface area contributed by atoms with Gasteiger partial charge in [-0.1, -0.05) is 41.6 Å². The van der Waals surface area contributed by atoms with Gasteiger partial charge in [0.25, 0.3) is 0 Å². The first-order chi connectivity index (χ1) is 13.7. The number of fused-ring (bicyclic) bond motifs is 1. The van der Waals surface area contributed by atoms with E-state index in [1.165, 1.54) is 11.8 Å². The van der Waals surface area contributed by atoms with Gasteiger partial charge in [-0.25, -0.2) is 0 Å². The van der Waals surface area contributed by atoms with Crippen molar-refractivity contribution >= 4 is 40.2 Å². The summed E-state index contributed by atoms with van der Waals surface area (Å²) in [5.74, 6) is 0.943. The van der Waals surface area contributed by atoms with Gasteiger partial charge in [0.05, 0.1) is 5.75 Å². The van der Waals surface area contributed by atoms with E-state index < -0.39 is 0 Å². The molecule has 6 nitrogen and oxygen atoms in total. The molecule has 0 saturated heterocycles. The second-order valence-corrected chi connectivity index (χ2v) is 7.49. The number of para-hydroxylation sites is 1. The average Bonchev–Trinajstić information content (AvgIpc) is 3.31. The van der Waals surface area contributed by atoms with Crippen molar-refractivity contribution in [2.24, 2.45) is 0 Å². The monoisotopic (exact) mass is 411 g/mol. The highest BCUT2D eigenvalue weighted by Crippen LogP contribution is 2.32. The van der Waals surface area contributed by atoms with Crippen LogP contribution in [0.4, 0.5) is 0 Å². The highest BCUT2D eigenvalue weighted by atomic mass is 35.5. The predicted molar refractivity (Wildman–Crippen MR) is 113 cm³/mol. The summed E-state index contributed by atoms with van der Waals surface area (Å²) in [6, 6.07) is 15.5. The number of H-pyrrole nitrogens is 1. The summed E-state index contributed by atoms with van der Waals surface area (Å²) in [6.07, 6.45) is 1.93. The van der Waals surface area contributed by atoms with Crippen LogP contribution < -0.4 is 5.32 Å². The van der Waals surface area contributed by atoms with Crippen LogP contribution in [0, 0.1) is 0 Å². The van der Waals surface area contributed by atoms with Crippen molar-refractivity contribution < 1.29 is 4.79 Å². The van der Waals surface area contributed by atoms with Crippen LogP contribution in [-0.4, -0.2) is 38.0 Å². The highest BCUT2D eigenvalue weighted by molar-refractivity contribution is 7.99. The Bertz CT molecular complexity index is 1120. The molecular weight excluding hydrogens is 394 g/mol. The summed E-state index contributed by atoms with van der Waals surface area (Å²) in [4.78, 5) is 15.2. The molecule has 8 heteroatoms. The molecule has 0 aliphatic heterocycles. The summed E-state index contributed by atoms with van der Waals surface area (Å²) in [5.41, 5.74) is 2.86. The van der Waals surface area contributed by atoms with Crippen LogP contribution in [0.15, 0.2) is 59.9 Å². The van der Waals surface area contributed by atoms with Gasteiger partial charge in [0.2, 0.25) is 5.91 Å². The number of amides is 1. The van der Waals surface area contributed by atoms with E-state index in [4.69, 9.17) is 11.6 Å². The molecule has 0 aliphatic carbocycles. The quantitative estimate of drug-likeness (QED) is 0.464. The molecule has 142 valence electrons. The van der Waals surface area contributed by atoms with E-state index in [9.17, 15) is 4.79 Å². The Kier molecular flexibility index (Phi) is 5.36. The topological polar surface area (TPSA) is 75.6 Å². The number of carbonyl (C=O) groups excluding carboxylic acids is 1. The van der Waals surface area contributed by atoms with Crippen LogP contribution in [0.1, 0.15) is 6.92 Å². The van der Waals surface area contributed by atoms with Crippen molar-refractivity contribution in [3.8, 4) is 17.1 Å². The summed E-state index contributed by atoms with van der Waals surface area (Å²) in [6.45, 7) is 2.50. The minimum Gasteiger partial charge on any atom is -0.360 e. The molecule has 0 fully saturated rings. The molecule has 0 bridgehead atoms. The summed E-state index contributed by atoms with van der Waals surface area (Å²) in [7, 11) is 0. The van der Waals surface area contributed by atoms with Crippen LogP contribution in [0.3, 0.4) is 0 Å². The molecule has 1 amide bonds. The van der Waals surface area contributed by atoms with Gasteiger partial charge in [-0.3, -0.25) is 9.36 Å². The molecule has 0 saturated carbocycles. The van der Waals surface area contributed by atoms with Crippen molar-refractivity contribution in [2.45, 2.75) is 12.1 Å². The third kappa shape index (κ3) is 3.63. The number of nitrogens with zero attached hydrogens (tertiary/aromatic N) is 3. The molecular formula is C20H18ClN5OS. The molecule has 0 aliphatic rings. The fourth-order valence-corrected chi connectivity index (χ4v) is 3.90. The number of aromatic amines is 1. The molecule has 2 N–H and O–H groups in total. The number of nitrogens with one attached hydrogen (secondary N) is 2. The van der Waals surface area contributed by atoms with Crippen molar-refractivity contribution in [2.75, 3.05) is 12.3 Å². The maximum absolute atomic E-state index is 11.9. The van der Waals surface area contributed by atoms with Gasteiger partial charge in [-0.2, -0.15) is 0 Å². The molecule has 0 radical (unpaired) electrons. The lowest BCUT2D eigenvalue weighted by molar-refractivity contribution is -0.118. The Morgan fingerprint density at radius 3 is 2.75 bits per heavy atom. The van der Waals surface area contributed by atoms with Crippen molar-refractivity contribution in [1.29, 1.82) is 0 Å². The fraction of sp³-hybridized carbons (Fsp3) is 0.150. The number of hydrogen-bond donors (Lipinski definition) is 2. The molecule has 0 atom stereocenters. The molecule has 0 unspecified atom stereocenters. The first kappa shape index (κ1) is 18.6. The highest BCUT2D eigenvalue weighted by Gasteiger charge is 2.19. The third-order valence-electron chi connectivity index (χ3n) is 4.25. The number of benzene rings is 2. The maximum Gasteiger partial charge on any atom is 0.230 e. The second-order valence-electron chi connectivity index (χ2n) is 6.11. The van der Waals surface area contributed by atoms with Crippen LogP contribution in [0.25, 0.3) is 28.0 Å². The first-order valence-electron chi connectivity index (χ1n) is 8.84. The SMILES string of the molecule is CCNC(=O)CSc1nnc(-c2c[nH]c3ccccc23)n1-c1ccc(Cl)cc1. The standard InChI is InChI=1S/C20H18ClN5OS/c1-2-22-18(27)12-28-20-25-24-19(26(20)14-9-7-13(21)8-10-14)16-11-23-17-6-4-3-5-15(16)17/h3-11,23H,2,12H2,1H3,(H,22,27). The Morgan fingerprint density at radius 1 is 1.18 bits per heavy atom. The van der Waals surface area contributed by atoms with Crippen molar-refractivity contribution in [1.82, 2.24) is 25.1 Å². The Hall–Kier alpha value is -2.77. The van der Waals surface area contributed by atoms with Gasteiger partial charge in [-0.15, -0.1) is 10.2 Å². The van der Waals surface area contributed by atoms with Crippen LogP contribution in [0.2, 0.25) is 5.02 Å². The lowest BCUT2D eigenvalue weighted by Crippen LogP contribution is -2.24. The molecule has 28 heavy (non-hydrogen) atoms. The fourth-order valence-electron chi connectivity index (χ4n) is 3.00. The number of hydrogen-bond acceptors (Lipinski definition) is 4. The minimum atomic E-state index is -0.0354. The number of carbonyl (C=O) groups is 1. The van der Waals surface area contributed by atoms with Gasteiger partial charge in [0.1, 0.15) is 0 Å². The largest absolute Gasteiger partial charge is 0.360 e. The van der Waals surface area contributed by atoms with Gasteiger partial charge in [0, 0.05) is 39.9 Å². The van der Waals surface area contributed by atoms with E-state index in [0.29, 0.717) is 22.5 Å². The Balaban J connectivity index is 1.80. The number of halogens is 1. The molecule has 0 spiro atoms. The Morgan fingerprint density at radius 2 is 1.96 bits per heavy atom. The normalized spacial score (nSPS) is 11.1. The summed E-state index contributed by atoms with van der Waals surface area (Å²) in [5, 5.41) is 14.0. The smallest absolute Gasteiger partial charge is 0.230 e. The van der Waals surface area contributed by atoms with Gasteiger partial charge in [-0.05, 0) is 37.3 Å². The third-order valence-corrected chi connectivity index (χ3v) is 5.44. The van der Waals surface area contributed by atoms with E-state index in [-0.39, 0.29) is 11.7 Å². The summed E-state index contributed by atoms with van der Waals surface area (Å²) >= 11 is 7.42. The van der Waals surface area contributed by atoms with Crippen molar-refractivity contribution in [3.05, 3.63) is 59.8 Å². The van der Waals surface area contributed by atoms with Gasteiger partial charge < -0.3 is 10.3 Å². The van der Waals surface area contributed by atoms with E-state index in [1.807, 2.05) is 66.2 Å². The van der Waals surface area contributed by atoms with E-state index in [0.717, 1.165) is 22.2 Å². The van der Waals surface area contributed by atoms with Gasteiger partial charge in [0.15, 0.2) is 11.0 Å².